The summed E-state index contributed by atoms with van der Waals surface area (Å²) in [5.41, 5.74) is 28.4. The van der Waals surface area contributed by atoms with Crippen LogP contribution in [0.5, 0.6) is 0 Å². The maximum absolute atomic E-state index is 2.56. The summed E-state index contributed by atoms with van der Waals surface area (Å²) in [5, 5.41) is 0. The van der Waals surface area contributed by atoms with Crippen molar-refractivity contribution in [2.75, 3.05) is 0 Å². The normalized spacial score (nSPS) is 16.0. The quantitative estimate of drug-likeness (QED) is 0.165. The molecule has 11 rings (SSSR count). The SMILES string of the molecule is Cc1cc(-n2c3c(c4c2C=CCC4)CCC=C3)cc(C)c1B1c2ccccc2B(c2c(C)cc(-n3c4c(c5c3C=CCC5)CCC=C4)cc2C)c2ccccc21. The molecular formula is C52H48B2N2. The van der Waals surface area contributed by atoms with Crippen molar-refractivity contribution in [3.8, 4) is 11.4 Å². The van der Waals surface area contributed by atoms with Gasteiger partial charge >= 0.3 is 0 Å². The number of allylic oxidation sites excluding steroid dienone is 4. The van der Waals surface area contributed by atoms with Crippen molar-refractivity contribution >= 4 is 70.5 Å². The van der Waals surface area contributed by atoms with Gasteiger partial charge in [0.2, 0.25) is 13.4 Å². The van der Waals surface area contributed by atoms with Crippen LogP contribution in [-0.4, -0.2) is 22.6 Å². The minimum Gasteiger partial charge on any atom is -0.310 e. The molecule has 5 aliphatic rings. The molecule has 0 saturated carbocycles. The average Bonchev–Trinajstić information content (AvgIpc) is 3.74. The Labute approximate surface area is 333 Å². The number of aromatic nitrogens is 2. The molecule has 0 amide bonds. The number of aryl methyl sites for hydroxylation is 4. The molecule has 3 heterocycles. The summed E-state index contributed by atoms with van der Waals surface area (Å²) in [6, 6.07) is 28.6. The molecule has 0 fully saturated rings. The van der Waals surface area contributed by atoms with E-state index in [1.54, 1.807) is 22.3 Å². The van der Waals surface area contributed by atoms with Gasteiger partial charge in [0.1, 0.15) is 0 Å². The van der Waals surface area contributed by atoms with E-state index in [9.17, 15) is 0 Å². The zero-order valence-corrected chi connectivity index (χ0v) is 33.3. The van der Waals surface area contributed by atoms with Gasteiger partial charge in [0, 0.05) is 34.2 Å². The van der Waals surface area contributed by atoms with Gasteiger partial charge in [-0.25, -0.2) is 0 Å². The van der Waals surface area contributed by atoms with Crippen molar-refractivity contribution in [1.29, 1.82) is 0 Å². The fourth-order valence-corrected chi connectivity index (χ4v) is 11.6. The van der Waals surface area contributed by atoms with Crippen LogP contribution in [0.15, 0.2) is 97.1 Å². The van der Waals surface area contributed by atoms with Gasteiger partial charge in [0.25, 0.3) is 0 Å². The lowest BCUT2D eigenvalue weighted by Crippen LogP contribution is -2.75. The van der Waals surface area contributed by atoms with Gasteiger partial charge < -0.3 is 9.13 Å². The molecule has 0 spiro atoms. The largest absolute Gasteiger partial charge is 0.310 e. The molecule has 0 N–H and O–H groups in total. The van der Waals surface area contributed by atoms with Crippen LogP contribution >= 0.6 is 0 Å². The molecule has 0 bridgehead atoms. The molecule has 4 aliphatic carbocycles. The molecule has 1 aliphatic heterocycles. The summed E-state index contributed by atoms with van der Waals surface area (Å²) in [7, 11) is 0. The number of benzene rings is 4. The van der Waals surface area contributed by atoms with E-state index in [1.807, 2.05) is 0 Å². The van der Waals surface area contributed by atoms with Crippen LogP contribution in [0, 0.1) is 27.7 Å². The maximum Gasteiger partial charge on any atom is 0.240 e. The Kier molecular flexibility index (Phi) is 7.89. The minimum absolute atomic E-state index is 0.163. The lowest BCUT2D eigenvalue weighted by atomic mass is 9.20. The number of nitrogens with zero attached hydrogens (tertiary/aromatic N) is 2. The second kappa shape index (κ2) is 13.1. The first-order valence-corrected chi connectivity index (χ1v) is 21.1. The molecule has 0 radical (unpaired) electrons. The Morgan fingerprint density at radius 2 is 0.661 bits per heavy atom. The molecule has 4 aromatic carbocycles. The van der Waals surface area contributed by atoms with Crippen LogP contribution in [0.1, 0.15) is 93.0 Å². The molecule has 4 heteroatoms. The Hall–Kier alpha value is -5.47. The van der Waals surface area contributed by atoms with Crippen LogP contribution in [0.3, 0.4) is 0 Å². The van der Waals surface area contributed by atoms with Crippen LogP contribution in [-0.2, 0) is 25.7 Å². The maximum atomic E-state index is 2.56. The van der Waals surface area contributed by atoms with E-state index in [-0.39, 0.29) is 13.4 Å². The van der Waals surface area contributed by atoms with Gasteiger partial charge in [-0.2, -0.15) is 0 Å². The highest BCUT2D eigenvalue weighted by Crippen LogP contribution is 2.37. The minimum atomic E-state index is 0.163. The van der Waals surface area contributed by atoms with E-state index in [0.717, 1.165) is 51.4 Å². The van der Waals surface area contributed by atoms with E-state index in [2.05, 4.69) is 158 Å². The van der Waals surface area contributed by atoms with E-state index >= 15 is 0 Å². The van der Waals surface area contributed by atoms with Crippen molar-refractivity contribution in [1.82, 2.24) is 9.13 Å². The Morgan fingerprint density at radius 1 is 0.393 bits per heavy atom. The summed E-state index contributed by atoms with van der Waals surface area (Å²) >= 11 is 0. The summed E-state index contributed by atoms with van der Waals surface area (Å²) in [5.74, 6) is 0. The van der Waals surface area contributed by atoms with Crippen molar-refractivity contribution in [3.63, 3.8) is 0 Å². The fraction of sp³-hybridized carbons (Fsp3) is 0.231. The monoisotopic (exact) mass is 722 g/mol. The smallest absolute Gasteiger partial charge is 0.240 e. The molecule has 56 heavy (non-hydrogen) atoms. The molecule has 6 aromatic rings. The van der Waals surface area contributed by atoms with Crippen molar-refractivity contribution in [3.05, 3.63) is 164 Å². The third-order valence-electron chi connectivity index (χ3n) is 13.8. The number of hydrogen-bond acceptors (Lipinski definition) is 0. The van der Waals surface area contributed by atoms with Gasteiger partial charge in [-0.1, -0.05) is 128 Å². The van der Waals surface area contributed by atoms with E-state index in [0.29, 0.717) is 0 Å². The molecule has 272 valence electrons. The lowest BCUT2D eigenvalue weighted by Gasteiger charge is -2.34. The Morgan fingerprint density at radius 3 is 0.929 bits per heavy atom. The summed E-state index contributed by atoms with van der Waals surface area (Å²) in [4.78, 5) is 0. The zero-order chi connectivity index (χ0) is 37.7. The first kappa shape index (κ1) is 33.8. The van der Waals surface area contributed by atoms with Gasteiger partial charge in [-0.15, -0.1) is 0 Å². The van der Waals surface area contributed by atoms with E-state index in [1.165, 1.54) is 89.2 Å². The molecule has 0 atom stereocenters. The van der Waals surface area contributed by atoms with Crippen LogP contribution in [0.4, 0.5) is 0 Å². The topological polar surface area (TPSA) is 9.86 Å². The van der Waals surface area contributed by atoms with E-state index in [4.69, 9.17) is 0 Å². The highest BCUT2D eigenvalue weighted by Gasteiger charge is 2.40. The van der Waals surface area contributed by atoms with Crippen molar-refractivity contribution < 1.29 is 0 Å². The van der Waals surface area contributed by atoms with Crippen LogP contribution in [0.2, 0.25) is 0 Å². The molecule has 2 aromatic heterocycles. The molecule has 2 nitrogen and oxygen atoms in total. The lowest BCUT2D eigenvalue weighted by molar-refractivity contribution is 0.922. The Balaban J connectivity index is 1.05. The van der Waals surface area contributed by atoms with Gasteiger partial charge in [-0.05, 0) is 150 Å². The van der Waals surface area contributed by atoms with Crippen molar-refractivity contribution in [2.24, 2.45) is 0 Å². The second-order valence-electron chi connectivity index (χ2n) is 17.0. The number of hydrogen-bond donors (Lipinski definition) is 0. The Bertz CT molecular complexity index is 2400. The van der Waals surface area contributed by atoms with Crippen LogP contribution < -0.4 is 32.8 Å². The van der Waals surface area contributed by atoms with Crippen molar-refractivity contribution in [2.45, 2.75) is 79.1 Å². The van der Waals surface area contributed by atoms with Gasteiger partial charge in [-0.3, -0.25) is 0 Å². The van der Waals surface area contributed by atoms with Crippen LogP contribution in [0.25, 0.3) is 35.7 Å². The fourth-order valence-electron chi connectivity index (χ4n) is 11.6. The first-order valence-electron chi connectivity index (χ1n) is 21.1. The zero-order valence-electron chi connectivity index (χ0n) is 33.3. The molecular weight excluding hydrogens is 674 g/mol. The van der Waals surface area contributed by atoms with Gasteiger partial charge in [0.15, 0.2) is 0 Å². The number of rotatable bonds is 4. The predicted molar refractivity (Wildman–Crippen MR) is 242 cm³/mol. The summed E-state index contributed by atoms with van der Waals surface area (Å²) in [6.07, 6.45) is 28.1. The summed E-state index contributed by atoms with van der Waals surface area (Å²) < 4.78 is 5.11. The van der Waals surface area contributed by atoms with Gasteiger partial charge in [0.05, 0.1) is 0 Å². The highest BCUT2D eigenvalue weighted by molar-refractivity contribution is 7.11. The third-order valence-corrected chi connectivity index (χ3v) is 13.8. The highest BCUT2D eigenvalue weighted by atomic mass is 15.0. The molecule has 0 unspecified atom stereocenters. The van der Waals surface area contributed by atoms with E-state index < -0.39 is 0 Å². The third kappa shape index (κ3) is 4.97. The summed E-state index contributed by atoms with van der Waals surface area (Å²) in [6.45, 7) is 9.74. The second-order valence-corrected chi connectivity index (χ2v) is 17.0. The standard InChI is InChI=1S/C52H48B2N2/c1-33-29-37(55-47-25-13-5-17-39(47)40-18-6-14-26-48(40)55)30-34(2)51(33)53-43-21-9-11-23-45(43)54(46-24-12-10-22-44(46)53)52-35(3)31-38(32-36(52)4)56-49-27-15-7-19-41(49)42-20-8-16-28-50(42)56/h9-16,21-32H,5-8,17-20H2,1-4H3. The number of fused-ring (bicyclic) bond motifs is 8. The molecule has 0 saturated heterocycles. The predicted octanol–water partition coefficient (Wildman–Crippen LogP) is 7.69. The average molecular weight is 723 g/mol. The first-order chi connectivity index (χ1) is 27.5.